The first-order valence-corrected chi connectivity index (χ1v) is 14.0. The Bertz CT molecular complexity index is 2490. The second-order valence-electron chi connectivity index (χ2n) is 10.4. The largest absolute Gasteiger partial charge is 2.00 e. The molecule has 9 aromatic rings. The van der Waals surface area contributed by atoms with Crippen molar-refractivity contribution in [2.45, 2.75) is 0 Å². The second-order valence-corrected chi connectivity index (χ2v) is 10.4. The SMILES string of the molecule is [Pt+2].[c-]1ccccc1-n1c2ccccc2c2ccc(Oc3[c-]c(-c4ccccn4)c4c(ccn5c6ccccc6nc45)c3)nc21. The number of benzene rings is 4. The molecule has 0 atom stereocenters. The standard InChI is InChI=1S/C37H21N5O.Pt/c1-2-10-25(11-3-1)42-32-15-6-4-12-27(32)28-17-18-34(40-36(28)42)43-26-22-24-19-21-41-33-16-7-5-14-31(33)39-37(41)35(24)29(23-26)30-13-8-9-20-38-30;/h1-10,12-22H;/q-2;+2. The fourth-order valence-electron chi connectivity index (χ4n) is 5.99. The monoisotopic (exact) mass is 746 g/mol. The Morgan fingerprint density at radius 3 is 2.41 bits per heavy atom. The number of hydrogen-bond donors (Lipinski definition) is 0. The molecule has 0 spiro atoms. The average Bonchev–Trinajstić information content (AvgIpc) is 3.61. The Labute approximate surface area is 266 Å². The smallest absolute Gasteiger partial charge is 0.459 e. The summed E-state index contributed by atoms with van der Waals surface area (Å²) in [4.78, 5) is 14.7. The molecule has 5 heterocycles. The van der Waals surface area contributed by atoms with E-state index in [1.54, 1.807) is 6.20 Å². The van der Waals surface area contributed by atoms with Gasteiger partial charge < -0.3 is 18.7 Å². The molecule has 0 aliphatic rings. The van der Waals surface area contributed by atoms with Crippen molar-refractivity contribution in [2.75, 3.05) is 0 Å². The molecule has 210 valence electrons. The minimum Gasteiger partial charge on any atom is -0.459 e. The van der Waals surface area contributed by atoms with Crippen LogP contribution in [0.1, 0.15) is 0 Å². The molecule has 7 heteroatoms. The Kier molecular flexibility index (Phi) is 6.24. The fraction of sp³-hybridized carbons (Fsp3) is 0. The topological polar surface area (TPSA) is 57.2 Å². The third kappa shape index (κ3) is 4.10. The summed E-state index contributed by atoms with van der Waals surface area (Å²) in [5.41, 5.74) is 7.24. The van der Waals surface area contributed by atoms with E-state index in [0.717, 1.165) is 66.3 Å². The molecule has 44 heavy (non-hydrogen) atoms. The molecule has 0 unspecified atom stereocenters. The summed E-state index contributed by atoms with van der Waals surface area (Å²) in [6.07, 6.45) is 3.84. The van der Waals surface area contributed by atoms with E-state index < -0.39 is 0 Å². The van der Waals surface area contributed by atoms with Crippen molar-refractivity contribution in [3.63, 3.8) is 0 Å². The number of para-hydroxylation sites is 4. The molecule has 0 aliphatic heterocycles. The first-order valence-electron chi connectivity index (χ1n) is 14.0. The predicted octanol–water partition coefficient (Wildman–Crippen LogP) is 8.58. The van der Waals surface area contributed by atoms with E-state index in [0.29, 0.717) is 11.6 Å². The van der Waals surface area contributed by atoms with Gasteiger partial charge in [-0.2, -0.15) is 29.2 Å². The molecule has 0 saturated carbocycles. The second kappa shape index (κ2) is 10.4. The van der Waals surface area contributed by atoms with E-state index in [1.165, 1.54) is 0 Å². The number of nitrogens with zero attached hydrogens (tertiary/aromatic N) is 5. The van der Waals surface area contributed by atoms with Gasteiger partial charge in [0.1, 0.15) is 11.3 Å². The van der Waals surface area contributed by atoms with Gasteiger partial charge in [0.2, 0.25) is 5.88 Å². The Morgan fingerprint density at radius 1 is 0.705 bits per heavy atom. The fourth-order valence-corrected chi connectivity index (χ4v) is 5.99. The van der Waals surface area contributed by atoms with Gasteiger partial charge in [0.15, 0.2) is 0 Å². The third-order valence-electron chi connectivity index (χ3n) is 7.86. The number of ether oxygens (including phenoxy) is 1. The van der Waals surface area contributed by atoms with Crippen LogP contribution in [-0.2, 0) is 21.1 Å². The summed E-state index contributed by atoms with van der Waals surface area (Å²) < 4.78 is 10.7. The maximum absolute atomic E-state index is 6.47. The van der Waals surface area contributed by atoms with Crippen molar-refractivity contribution >= 4 is 49.4 Å². The van der Waals surface area contributed by atoms with Crippen LogP contribution in [0.15, 0.2) is 128 Å². The van der Waals surface area contributed by atoms with Crippen LogP contribution in [0.3, 0.4) is 0 Å². The van der Waals surface area contributed by atoms with Crippen LogP contribution in [-0.4, -0.2) is 23.9 Å². The zero-order chi connectivity index (χ0) is 28.3. The van der Waals surface area contributed by atoms with Crippen LogP contribution >= 0.6 is 0 Å². The van der Waals surface area contributed by atoms with Crippen LogP contribution in [0.5, 0.6) is 11.6 Å². The third-order valence-corrected chi connectivity index (χ3v) is 7.86. The number of rotatable bonds is 4. The molecular weight excluding hydrogens is 726 g/mol. The Balaban J connectivity index is 0.00000289. The predicted molar refractivity (Wildman–Crippen MR) is 170 cm³/mol. The summed E-state index contributed by atoms with van der Waals surface area (Å²) in [5, 5.41) is 4.12. The van der Waals surface area contributed by atoms with Gasteiger partial charge in [-0.25, -0.2) is 4.98 Å². The average molecular weight is 747 g/mol. The van der Waals surface area contributed by atoms with Gasteiger partial charge in [0.25, 0.3) is 0 Å². The quantitative estimate of drug-likeness (QED) is 0.170. The van der Waals surface area contributed by atoms with E-state index in [1.807, 2.05) is 84.9 Å². The van der Waals surface area contributed by atoms with Crippen molar-refractivity contribution in [3.05, 3.63) is 140 Å². The van der Waals surface area contributed by atoms with E-state index in [9.17, 15) is 0 Å². The number of pyridine rings is 3. The van der Waals surface area contributed by atoms with Gasteiger partial charge in [-0.1, -0.05) is 77.1 Å². The Hall–Kier alpha value is -5.32. The molecule has 6 nitrogen and oxygen atoms in total. The molecule has 0 radical (unpaired) electrons. The zero-order valence-electron chi connectivity index (χ0n) is 23.1. The van der Waals surface area contributed by atoms with Crippen molar-refractivity contribution in [3.8, 4) is 28.6 Å². The van der Waals surface area contributed by atoms with Crippen LogP contribution in [0.4, 0.5) is 0 Å². The van der Waals surface area contributed by atoms with Crippen LogP contribution < -0.4 is 4.74 Å². The van der Waals surface area contributed by atoms with E-state index in [4.69, 9.17) is 14.7 Å². The van der Waals surface area contributed by atoms with Gasteiger partial charge in [0, 0.05) is 35.0 Å². The molecule has 5 aromatic heterocycles. The van der Waals surface area contributed by atoms with E-state index >= 15 is 0 Å². The number of imidazole rings is 1. The van der Waals surface area contributed by atoms with Crippen LogP contribution in [0.25, 0.3) is 66.3 Å². The molecule has 0 bridgehead atoms. The van der Waals surface area contributed by atoms with Crippen molar-refractivity contribution < 1.29 is 25.8 Å². The molecule has 0 amide bonds. The molecule has 0 N–H and O–H groups in total. The van der Waals surface area contributed by atoms with E-state index in [-0.39, 0.29) is 21.1 Å². The number of aromatic nitrogens is 5. The molecule has 9 rings (SSSR count). The maximum atomic E-state index is 6.47. The van der Waals surface area contributed by atoms with Gasteiger partial charge in [-0.15, -0.1) is 11.6 Å². The minimum absolute atomic E-state index is 0. The van der Waals surface area contributed by atoms with Gasteiger partial charge in [-0.3, -0.25) is 0 Å². The summed E-state index contributed by atoms with van der Waals surface area (Å²) in [7, 11) is 0. The van der Waals surface area contributed by atoms with Crippen molar-refractivity contribution in [1.82, 2.24) is 23.9 Å². The molecule has 0 aliphatic carbocycles. The molecule has 0 saturated heterocycles. The summed E-state index contributed by atoms with van der Waals surface area (Å²) in [6.45, 7) is 0. The molecular formula is C37H21N5OPt. The minimum atomic E-state index is 0. The van der Waals surface area contributed by atoms with Gasteiger partial charge in [0.05, 0.1) is 16.6 Å². The van der Waals surface area contributed by atoms with Gasteiger partial charge >= 0.3 is 21.1 Å². The number of fused-ring (bicyclic) bond motifs is 8. The van der Waals surface area contributed by atoms with Gasteiger partial charge in [-0.05, 0) is 36.0 Å². The number of hydrogen-bond acceptors (Lipinski definition) is 4. The van der Waals surface area contributed by atoms with Crippen molar-refractivity contribution in [2.24, 2.45) is 0 Å². The summed E-state index contributed by atoms with van der Waals surface area (Å²) in [6, 6.07) is 45.2. The van der Waals surface area contributed by atoms with Crippen LogP contribution in [0.2, 0.25) is 0 Å². The normalized spacial score (nSPS) is 11.5. The summed E-state index contributed by atoms with van der Waals surface area (Å²) >= 11 is 0. The first kappa shape index (κ1) is 26.3. The molecule has 0 fully saturated rings. The van der Waals surface area contributed by atoms with Crippen LogP contribution in [0, 0.1) is 12.1 Å². The summed E-state index contributed by atoms with van der Waals surface area (Å²) in [5.74, 6) is 1.03. The maximum Gasteiger partial charge on any atom is 2.00 e. The zero-order valence-corrected chi connectivity index (χ0v) is 25.4. The molecule has 4 aromatic carbocycles. The van der Waals surface area contributed by atoms with Crippen molar-refractivity contribution in [1.29, 1.82) is 0 Å². The first-order chi connectivity index (χ1) is 21.3. The Morgan fingerprint density at radius 2 is 1.55 bits per heavy atom. The van der Waals surface area contributed by atoms with E-state index in [2.05, 4.69) is 62.6 Å².